The number of ether oxygens (including phenoxy) is 1. The smallest absolute Gasteiger partial charge is 0.0661 e. The van der Waals surface area contributed by atoms with E-state index in [9.17, 15) is 0 Å². The fourth-order valence-corrected chi connectivity index (χ4v) is 2.55. The van der Waals surface area contributed by atoms with E-state index in [4.69, 9.17) is 4.74 Å². The van der Waals surface area contributed by atoms with Crippen molar-refractivity contribution in [3.63, 3.8) is 0 Å². The summed E-state index contributed by atoms with van der Waals surface area (Å²) in [6, 6.07) is 9.09. The summed E-state index contributed by atoms with van der Waals surface area (Å²) < 4.78 is 5.88. The van der Waals surface area contributed by atoms with Crippen LogP contribution < -0.4 is 5.32 Å². The van der Waals surface area contributed by atoms with Crippen LogP contribution >= 0.6 is 0 Å². The van der Waals surface area contributed by atoms with Crippen LogP contribution in [0.1, 0.15) is 49.8 Å². The van der Waals surface area contributed by atoms with E-state index in [1.54, 1.807) is 0 Å². The average molecular weight is 261 g/mol. The number of benzene rings is 1. The third kappa shape index (κ3) is 4.63. The van der Waals surface area contributed by atoms with Gasteiger partial charge in [0.1, 0.15) is 0 Å². The molecular formula is C17H27NO. The standard InChI is InChI=1S/C17H27NO/c1-3-18-17(16-9-7-14(2)8-10-16)13-19-12-11-15-5-4-6-15/h7-10,15,17-18H,3-6,11-13H2,1-2H3. The molecule has 19 heavy (non-hydrogen) atoms. The average Bonchev–Trinajstić information content (AvgIpc) is 2.36. The molecule has 1 atom stereocenters. The van der Waals surface area contributed by atoms with Gasteiger partial charge in [-0.2, -0.15) is 0 Å². The molecule has 1 aliphatic rings. The van der Waals surface area contributed by atoms with Gasteiger partial charge in [0, 0.05) is 6.61 Å². The molecular weight excluding hydrogens is 234 g/mol. The fourth-order valence-electron chi connectivity index (χ4n) is 2.55. The highest BCUT2D eigenvalue weighted by Gasteiger charge is 2.17. The number of hydrogen-bond acceptors (Lipinski definition) is 2. The van der Waals surface area contributed by atoms with Gasteiger partial charge >= 0.3 is 0 Å². The summed E-state index contributed by atoms with van der Waals surface area (Å²) in [7, 11) is 0. The van der Waals surface area contributed by atoms with E-state index in [0.717, 1.165) is 25.7 Å². The quantitative estimate of drug-likeness (QED) is 0.718. The lowest BCUT2D eigenvalue weighted by Crippen LogP contribution is -2.26. The van der Waals surface area contributed by atoms with Crippen LogP contribution in [0.3, 0.4) is 0 Å². The van der Waals surface area contributed by atoms with Gasteiger partial charge in [-0.05, 0) is 31.4 Å². The van der Waals surface area contributed by atoms with Crippen LogP contribution in [0.5, 0.6) is 0 Å². The molecule has 0 amide bonds. The highest BCUT2D eigenvalue weighted by molar-refractivity contribution is 5.24. The third-order valence-corrected chi connectivity index (χ3v) is 4.11. The molecule has 1 unspecified atom stereocenters. The van der Waals surface area contributed by atoms with E-state index in [1.165, 1.54) is 36.8 Å². The first-order valence-corrected chi connectivity index (χ1v) is 7.67. The van der Waals surface area contributed by atoms with Gasteiger partial charge in [0.2, 0.25) is 0 Å². The number of likely N-dealkylation sites (N-methyl/N-ethyl adjacent to an activating group) is 1. The molecule has 1 aromatic rings. The highest BCUT2D eigenvalue weighted by Crippen LogP contribution is 2.29. The Balaban J connectivity index is 1.76. The molecule has 2 nitrogen and oxygen atoms in total. The van der Waals surface area contributed by atoms with Crippen molar-refractivity contribution >= 4 is 0 Å². The largest absolute Gasteiger partial charge is 0.379 e. The number of aryl methyl sites for hydroxylation is 1. The molecule has 1 N–H and O–H groups in total. The van der Waals surface area contributed by atoms with Crippen LogP contribution in [0.25, 0.3) is 0 Å². The third-order valence-electron chi connectivity index (χ3n) is 4.11. The Morgan fingerprint density at radius 1 is 1.26 bits per heavy atom. The van der Waals surface area contributed by atoms with Crippen LogP contribution in [0.15, 0.2) is 24.3 Å². The van der Waals surface area contributed by atoms with Gasteiger partial charge < -0.3 is 10.1 Å². The molecule has 2 rings (SSSR count). The molecule has 1 fully saturated rings. The van der Waals surface area contributed by atoms with Crippen molar-refractivity contribution in [2.24, 2.45) is 5.92 Å². The molecule has 0 aromatic heterocycles. The Morgan fingerprint density at radius 2 is 2.00 bits per heavy atom. The molecule has 1 aliphatic carbocycles. The second-order valence-electron chi connectivity index (χ2n) is 5.68. The van der Waals surface area contributed by atoms with E-state index in [0.29, 0.717) is 6.04 Å². The first kappa shape index (κ1) is 14.5. The van der Waals surface area contributed by atoms with Crippen molar-refractivity contribution in [3.8, 4) is 0 Å². The first-order valence-electron chi connectivity index (χ1n) is 7.67. The summed E-state index contributed by atoms with van der Waals surface area (Å²) in [5, 5.41) is 3.51. The summed E-state index contributed by atoms with van der Waals surface area (Å²) >= 11 is 0. The van der Waals surface area contributed by atoms with E-state index in [2.05, 4.69) is 43.4 Å². The van der Waals surface area contributed by atoms with E-state index < -0.39 is 0 Å². The van der Waals surface area contributed by atoms with Crippen molar-refractivity contribution < 1.29 is 4.74 Å². The van der Waals surface area contributed by atoms with Crippen LogP contribution in [0.4, 0.5) is 0 Å². The lowest BCUT2D eigenvalue weighted by molar-refractivity contribution is 0.0891. The number of rotatable bonds is 8. The van der Waals surface area contributed by atoms with Crippen molar-refractivity contribution in [1.29, 1.82) is 0 Å². The molecule has 0 aliphatic heterocycles. The molecule has 1 saturated carbocycles. The molecule has 0 saturated heterocycles. The number of nitrogens with one attached hydrogen (secondary N) is 1. The summed E-state index contributed by atoms with van der Waals surface area (Å²) in [4.78, 5) is 0. The Hall–Kier alpha value is -0.860. The predicted octanol–water partition coefficient (Wildman–Crippen LogP) is 3.85. The summed E-state index contributed by atoms with van der Waals surface area (Å²) in [5.41, 5.74) is 2.64. The maximum atomic E-state index is 5.88. The maximum absolute atomic E-state index is 5.88. The Kier molecular flexibility index (Phi) is 5.87. The molecule has 0 radical (unpaired) electrons. The van der Waals surface area contributed by atoms with Crippen LogP contribution in [0.2, 0.25) is 0 Å². The van der Waals surface area contributed by atoms with E-state index in [1.807, 2.05) is 0 Å². The normalized spacial score (nSPS) is 17.2. The zero-order chi connectivity index (χ0) is 13.5. The minimum absolute atomic E-state index is 0.326. The van der Waals surface area contributed by atoms with Gasteiger partial charge in [0.25, 0.3) is 0 Å². The topological polar surface area (TPSA) is 21.3 Å². The first-order chi connectivity index (χ1) is 9.29. The highest BCUT2D eigenvalue weighted by atomic mass is 16.5. The van der Waals surface area contributed by atoms with Crippen LogP contribution in [0, 0.1) is 12.8 Å². The molecule has 0 spiro atoms. The van der Waals surface area contributed by atoms with Crippen molar-refractivity contribution in [2.75, 3.05) is 19.8 Å². The van der Waals surface area contributed by atoms with Gasteiger partial charge in [-0.25, -0.2) is 0 Å². The van der Waals surface area contributed by atoms with Gasteiger partial charge in [-0.1, -0.05) is 56.0 Å². The Morgan fingerprint density at radius 3 is 2.58 bits per heavy atom. The lowest BCUT2D eigenvalue weighted by Gasteiger charge is -2.25. The monoisotopic (exact) mass is 261 g/mol. The van der Waals surface area contributed by atoms with Crippen LogP contribution in [-0.4, -0.2) is 19.8 Å². The van der Waals surface area contributed by atoms with E-state index in [-0.39, 0.29) is 0 Å². The second-order valence-corrected chi connectivity index (χ2v) is 5.68. The summed E-state index contributed by atoms with van der Waals surface area (Å²) in [6.07, 6.45) is 5.50. The van der Waals surface area contributed by atoms with Gasteiger partial charge in [0.15, 0.2) is 0 Å². The Labute approximate surface area is 117 Å². The fraction of sp³-hybridized carbons (Fsp3) is 0.647. The maximum Gasteiger partial charge on any atom is 0.0661 e. The molecule has 2 heteroatoms. The van der Waals surface area contributed by atoms with Crippen LogP contribution in [-0.2, 0) is 4.74 Å². The zero-order valence-corrected chi connectivity index (χ0v) is 12.3. The Bertz CT molecular complexity index is 356. The molecule has 106 valence electrons. The van der Waals surface area contributed by atoms with E-state index >= 15 is 0 Å². The zero-order valence-electron chi connectivity index (χ0n) is 12.3. The lowest BCUT2D eigenvalue weighted by atomic mass is 9.83. The number of hydrogen-bond donors (Lipinski definition) is 1. The molecule has 0 heterocycles. The minimum atomic E-state index is 0.326. The van der Waals surface area contributed by atoms with Gasteiger partial charge in [0.05, 0.1) is 12.6 Å². The van der Waals surface area contributed by atoms with Crippen molar-refractivity contribution in [2.45, 2.75) is 45.6 Å². The molecule has 1 aromatic carbocycles. The SMILES string of the molecule is CCNC(COCCC1CCC1)c1ccc(C)cc1. The van der Waals surface area contributed by atoms with Gasteiger partial charge in [-0.15, -0.1) is 0 Å². The molecule has 0 bridgehead atoms. The minimum Gasteiger partial charge on any atom is -0.379 e. The predicted molar refractivity (Wildman–Crippen MR) is 80.4 cm³/mol. The second kappa shape index (κ2) is 7.66. The van der Waals surface area contributed by atoms with Crippen molar-refractivity contribution in [1.82, 2.24) is 5.32 Å². The van der Waals surface area contributed by atoms with Crippen molar-refractivity contribution in [3.05, 3.63) is 35.4 Å². The van der Waals surface area contributed by atoms with Gasteiger partial charge in [-0.3, -0.25) is 0 Å². The summed E-state index contributed by atoms with van der Waals surface area (Å²) in [6.45, 7) is 6.95. The summed E-state index contributed by atoms with van der Waals surface area (Å²) in [5.74, 6) is 0.942.